The number of rotatable bonds is 4. The van der Waals surface area contributed by atoms with E-state index in [1.165, 1.54) is 5.56 Å². The van der Waals surface area contributed by atoms with Crippen LogP contribution in [0.5, 0.6) is 0 Å². The van der Waals surface area contributed by atoms with Crippen molar-refractivity contribution in [2.45, 2.75) is 32.7 Å². The lowest BCUT2D eigenvalue weighted by molar-refractivity contribution is 0.388. The number of fused-ring (bicyclic) bond motifs is 1. The Balaban J connectivity index is 1.86. The molecule has 0 radical (unpaired) electrons. The molecular formula is C13H15N5OS. The lowest BCUT2D eigenvalue weighted by Crippen LogP contribution is -2.16. The maximum absolute atomic E-state index is 5.78. The lowest BCUT2D eigenvalue weighted by atomic mass is 10.1. The van der Waals surface area contributed by atoms with Crippen LogP contribution in [-0.2, 0) is 19.4 Å². The third-order valence-electron chi connectivity index (χ3n) is 3.30. The van der Waals surface area contributed by atoms with Crippen molar-refractivity contribution in [2.24, 2.45) is 5.73 Å². The van der Waals surface area contributed by atoms with Crippen molar-refractivity contribution >= 4 is 23.0 Å². The second-order valence-corrected chi connectivity index (χ2v) is 5.23. The molecule has 0 fully saturated rings. The van der Waals surface area contributed by atoms with Gasteiger partial charge in [-0.25, -0.2) is 4.98 Å². The molecule has 0 atom stereocenters. The van der Waals surface area contributed by atoms with Crippen LogP contribution in [0.1, 0.15) is 35.0 Å². The van der Waals surface area contributed by atoms with Gasteiger partial charge in [0, 0.05) is 12.6 Å². The number of nitrogens with two attached hydrogens (primary N) is 1. The highest BCUT2D eigenvalue weighted by atomic mass is 32.1. The van der Waals surface area contributed by atoms with Crippen molar-refractivity contribution in [2.75, 3.05) is 5.32 Å². The SMILES string of the molecule is Cc1nc(CNc2nc3c(cc2C(N)=S)CCC3)no1. The Morgan fingerprint density at radius 1 is 1.45 bits per heavy atom. The second kappa shape index (κ2) is 5.16. The highest BCUT2D eigenvalue weighted by Gasteiger charge is 2.17. The maximum Gasteiger partial charge on any atom is 0.223 e. The van der Waals surface area contributed by atoms with E-state index in [1.54, 1.807) is 6.92 Å². The summed E-state index contributed by atoms with van der Waals surface area (Å²) in [5, 5.41) is 7.03. The van der Waals surface area contributed by atoms with Crippen molar-refractivity contribution in [3.63, 3.8) is 0 Å². The molecule has 0 bridgehead atoms. The van der Waals surface area contributed by atoms with Gasteiger partial charge in [-0.15, -0.1) is 0 Å². The van der Waals surface area contributed by atoms with E-state index >= 15 is 0 Å². The topological polar surface area (TPSA) is 89.9 Å². The van der Waals surface area contributed by atoms with Crippen LogP contribution in [0.15, 0.2) is 10.6 Å². The molecule has 0 amide bonds. The van der Waals surface area contributed by atoms with Gasteiger partial charge in [0.25, 0.3) is 0 Å². The van der Waals surface area contributed by atoms with Gasteiger partial charge in [-0.2, -0.15) is 4.98 Å². The zero-order chi connectivity index (χ0) is 14.1. The first-order chi connectivity index (χ1) is 9.63. The first-order valence-corrected chi connectivity index (χ1v) is 6.90. The zero-order valence-electron chi connectivity index (χ0n) is 11.1. The van der Waals surface area contributed by atoms with Crippen LogP contribution in [0.25, 0.3) is 0 Å². The van der Waals surface area contributed by atoms with Gasteiger partial charge in [0.2, 0.25) is 5.89 Å². The van der Waals surface area contributed by atoms with Crippen LogP contribution < -0.4 is 11.1 Å². The minimum absolute atomic E-state index is 0.346. The van der Waals surface area contributed by atoms with Gasteiger partial charge in [0.15, 0.2) is 5.82 Å². The van der Waals surface area contributed by atoms with Gasteiger partial charge in [0.1, 0.15) is 10.8 Å². The van der Waals surface area contributed by atoms with Crippen LogP contribution >= 0.6 is 12.2 Å². The summed E-state index contributed by atoms with van der Waals surface area (Å²) >= 11 is 5.10. The third-order valence-corrected chi connectivity index (χ3v) is 3.52. The summed E-state index contributed by atoms with van der Waals surface area (Å²) in [6, 6.07) is 2.04. The number of hydrogen-bond acceptors (Lipinski definition) is 6. The van der Waals surface area contributed by atoms with Crippen LogP contribution in [0.4, 0.5) is 5.82 Å². The van der Waals surface area contributed by atoms with E-state index in [1.807, 2.05) is 6.07 Å². The summed E-state index contributed by atoms with van der Waals surface area (Å²) < 4.78 is 4.93. The molecule has 7 heteroatoms. The van der Waals surface area contributed by atoms with E-state index in [9.17, 15) is 0 Å². The van der Waals surface area contributed by atoms with Crippen LogP contribution in [-0.4, -0.2) is 20.1 Å². The number of aromatic nitrogens is 3. The van der Waals surface area contributed by atoms with Crippen molar-refractivity contribution in [3.05, 3.63) is 34.6 Å². The van der Waals surface area contributed by atoms with Crippen molar-refractivity contribution in [1.82, 2.24) is 15.1 Å². The standard InChI is InChI=1S/C13H15N5OS/c1-7-16-11(18-19-7)6-15-13-9(12(14)20)5-8-3-2-4-10(8)17-13/h5H,2-4,6H2,1H3,(H2,14,20)(H,15,17). The number of hydrogen-bond donors (Lipinski definition) is 2. The first-order valence-electron chi connectivity index (χ1n) is 6.49. The van der Waals surface area contributed by atoms with E-state index in [4.69, 9.17) is 22.5 Å². The fourth-order valence-corrected chi connectivity index (χ4v) is 2.53. The highest BCUT2D eigenvalue weighted by Crippen LogP contribution is 2.25. The molecule has 0 spiro atoms. The van der Waals surface area contributed by atoms with Gasteiger partial charge in [-0.3, -0.25) is 0 Å². The summed E-state index contributed by atoms with van der Waals surface area (Å²) in [7, 11) is 0. The van der Waals surface area contributed by atoms with Gasteiger partial charge in [0.05, 0.1) is 12.1 Å². The number of pyridine rings is 1. The number of nitrogens with zero attached hydrogens (tertiary/aromatic N) is 3. The van der Waals surface area contributed by atoms with Gasteiger partial charge in [-0.1, -0.05) is 17.4 Å². The Kier molecular flexibility index (Phi) is 3.35. The third kappa shape index (κ3) is 2.49. The number of nitrogens with one attached hydrogen (secondary N) is 1. The fraction of sp³-hybridized carbons (Fsp3) is 0.385. The molecule has 20 heavy (non-hydrogen) atoms. The van der Waals surface area contributed by atoms with E-state index < -0.39 is 0 Å². The Hall–Kier alpha value is -2.02. The fourth-order valence-electron chi connectivity index (χ4n) is 2.37. The maximum atomic E-state index is 5.78. The molecule has 1 aliphatic carbocycles. The van der Waals surface area contributed by atoms with Crippen LogP contribution in [0.2, 0.25) is 0 Å². The summed E-state index contributed by atoms with van der Waals surface area (Å²) in [6.45, 7) is 2.18. The van der Waals surface area contributed by atoms with Crippen molar-refractivity contribution in [1.29, 1.82) is 0 Å². The van der Waals surface area contributed by atoms with E-state index in [2.05, 4.69) is 20.4 Å². The largest absolute Gasteiger partial charge is 0.389 e. The minimum atomic E-state index is 0.346. The monoisotopic (exact) mass is 289 g/mol. The number of anilines is 1. The van der Waals surface area contributed by atoms with Crippen LogP contribution in [0.3, 0.4) is 0 Å². The average Bonchev–Trinajstić information content (AvgIpc) is 3.03. The minimum Gasteiger partial charge on any atom is -0.389 e. The van der Waals surface area contributed by atoms with Crippen LogP contribution in [0, 0.1) is 6.92 Å². The summed E-state index contributed by atoms with van der Waals surface area (Å²) in [6.07, 6.45) is 3.18. The molecule has 6 nitrogen and oxygen atoms in total. The molecule has 104 valence electrons. The Bertz CT molecular complexity index is 667. The molecule has 0 aromatic carbocycles. The van der Waals surface area contributed by atoms with Gasteiger partial charge in [-0.05, 0) is 30.9 Å². The van der Waals surface area contributed by atoms with Gasteiger partial charge >= 0.3 is 0 Å². The van der Waals surface area contributed by atoms with E-state index in [-0.39, 0.29) is 0 Å². The lowest BCUT2D eigenvalue weighted by Gasteiger charge is -2.11. The number of aryl methyl sites for hydroxylation is 3. The molecule has 3 N–H and O–H groups in total. The molecule has 2 aromatic rings. The Morgan fingerprint density at radius 2 is 2.30 bits per heavy atom. The zero-order valence-corrected chi connectivity index (χ0v) is 12.0. The molecule has 2 aromatic heterocycles. The first kappa shape index (κ1) is 13.0. The normalized spacial score (nSPS) is 13.2. The molecule has 3 rings (SSSR count). The molecule has 0 saturated heterocycles. The smallest absolute Gasteiger partial charge is 0.223 e. The average molecular weight is 289 g/mol. The molecule has 0 unspecified atom stereocenters. The van der Waals surface area contributed by atoms with E-state index in [0.717, 1.165) is 30.5 Å². The molecule has 0 aliphatic heterocycles. The quantitative estimate of drug-likeness (QED) is 0.824. The van der Waals surface area contributed by atoms with Crippen molar-refractivity contribution in [3.8, 4) is 0 Å². The highest BCUT2D eigenvalue weighted by molar-refractivity contribution is 7.80. The number of thiocarbonyl (C=S) groups is 1. The Morgan fingerprint density at radius 3 is 3.00 bits per heavy atom. The van der Waals surface area contributed by atoms with Gasteiger partial charge < -0.3 is 15.6 Å². The summed E-state index contributed by atoms with van der Waals surface area (Å²) in [5.74, 6) is 1.82. The van der Waals surface area contributed by atoms with Crippen molar-refractivity contribution < 1.29 is 4.52 Å². The molecule has 1 aliphatic rings. The molecule has 2 heterocycles. The predicted molar refractivity (Wildman–Crippen MR) is 78.5 cm³/mol. The predicted octanol–water partition coefficient (Wildman–Crippen LogP) is 1.51. The summed E-state index contributed by atoms with van der Waals surface area (Å²) in [5.41, 5.74) is 8.93. The molecule has 0 saturated carbocycles. The van der Waals surface area contributed by atoms with E-state index in [0.29, 0.717) is 29.1 Å². The molecular weight excluding hydrogens is 274 g/mol. The Labute approximate surface area is 121 Å². The summed E-state index contributed by atoms with van der Waals surface area (Å²) in [4.78, 5) is 9.12. The second-order valence-electron chi connectivity index (χ2n) is 4.79.